The Hall–Kier alpha value is -3.35. The molecule has 3 heterocycles. The summed E-state index contributed by atoms with van der Waals surface area (Å²) < 4.78 is 7.01. The van der Waals surface area contributed by atoms with Gasteiger partial charge in [-0.05, 0) is 37.1 Å². The van der Waals surface area contributed by atoms with Gasteiger partial charge >= 0.3 is 5.97 Å². The minimum Gasteiger partial charge on any atom is -0.481 e. The van der Waals surface area contributed by atoms with Gasteiger partial charge in [-0.1, -0.05) is 18.2 Å². The van der Waals surface area contributed by atoms with Crippen LogP contribution in [0.4, 0.5) is 0 Å². The molecular weight excluding hydrogens is 346 g/mol. The highest BCUT2D eigenvalue weighted by molar-refractivity contribution is 5.94. The van der Waals surface area contributed by atoms with E-state index in [2.05, 4.69) is 5.10 Å². The van der Waals surface area contributed by atoms with Gasteiger partial charge in [0.15, 0.2) is 5.76 Å². The summed E-state index contributed by atoms with van der Waals surface area (Å²) in [6, 6.07) is 14.6. The van der Waals surface area contributed by atoms with E-state index in [9.17, 15) is 14.7 Å². The first-order valence-electron chi connectivity index (χ1n) is 8.85. The number of rotatable bonds is 4. The lowest BCUT2D eigenvalue weighted by Crippen LogP contribution is -2.42. The van der Waals surface area contributed by atoms with E-state index in [1.165, 1.54) is 0 Å². The van der Waals surface area contributed by atoms with Crippen LogP contribution in [-0.4, -0.2) is 44.8 Å². The zero-order chi connectivity index (χ0) is 18.8. The van der Waals surface area contributed by atoms with Crippen LogP contribution < -0.4 is 0 Å². The summed E-state index contributed by atoms with van der Waals surface area (Å²) in [7, 11) is 0. The lowest BCUT2D eigenvalue weighted by atomic mass is 9.98. The summed E-state index contributed by atoms with van der Waals surface area (Å²) in [4.78, 5) is 26.1. The summed E-state index contributed by atoms with van der Waals surface area (Å²) >= 11 is 0. The second-order valence-electron chi connectivity index (χ2n) is 6.57. The maximum atomic E-state index is 13.2. The molecule has 1 unspecified atom stereocenters. The summed E-state index contributed by atoms with van der Waals surface area (Å²) in [5.41, 5.74) is 1.70. The van der Waals surface area contributed by atoms with E-state index in [0.29, 0.717) is 36.5 Å². The summed E-state index contributed by atoms with van der Waals surface area (Å²) in [6.07, 6.45) is 2.82. The van der Waals surface area contributed by atoms with Crippen LogP contribution in [0.3, 0.4) is 0 Å². The minimum absolute atomic E-state index is 0.213. The van der Waals surface area contributed by atoms with Crippen molar-refractivity contribution in [3.63, 3.8) is 0 Å². The van der Waals surface area contributed by atoms with Crippen molar-refractivity contribution >= 4 is 11.9 Å². The number of likely N-dealkylation sites (tertiary alicyclic amines) is 1. The largest absolute Gasteiger partial charge is 0.481 e. The number of hydrogen-bond donors (Lipinski definition) is 1. The van der Waals surface area contributed by atoms with E-state index in [4.69, 9.17) is 4.42 Å². The van der Waals surface area contributed by atoms with Crippen molar-refractivity contribution in [2.24, 2.45) is 5.92 Å². The van der Waals surface area contributed by atoms with Gasteiger partial charge in [0.25, 0.3) is 5.91 Å². The van der Waals surface area contributed by atoms with Crippen LogP contribution in [0.25, 0.3) is 17.1 Å². The summed E-state index contributed by atoms with van der Waals surface area (Å²) in [5, 5.41) is 13.9. The number of aliphatic carboxylic acids is 1. The normalized spacial score (nSPS) is 17.0. The maximum absolute atomic E-state index is 13.2. The fraction of sp³-hybridized carbons (Fsp3) is 0.250. The van der Waals surface area contributed by atoms with Crippen LogP contribution in [0.2, 0.25) is 0 Å². The van der Waals surface area contributed by atoms with Crippen molar-refractivity contribution in [1.29, 1.82) is 0 Å². The third-order valence-electron chi connectivity index (χ3n) is 4.76. The number of aromatic nitrogens is 2. The lowest BCUT2D eigenvalue weighted by molar-refractivity contribution is -0.143. The van der Waals surface area contributed by atoms with Gasteiger partial charge in [-0.3, -0.25) is 9.59 Å². The Morgan fingerprint density at radius 1 is 1.15 bits per heavy atom. The monoisotopic (exact) mass is 365 g/mol. The number of furan rings is 1. The zero-order valence-corrected chi connectivity index (χ0v) is 14.6. The number of piperidine rings is 1. The van der Waals surface area contributed by atoms with E-state index < -0.39 is 11.9 Å². The molecule has 27 heavy (non-hydrogen) atoms. The predicted molar refractivity (Wildman–Crippen MR) is 97.5 cm³/mol. The number of carbonyl (C=O) groups excluding carboxylic acids is 1. The van der Waals surface area contributed by atoms with E-state index in [1.807, 2.05) is 30.3 Å². The molecule has 3 aromatic rings. The second kappa shape index (κ2) is 7.11. The molecule has 4 rings (SSSR count). The first-order valence-corrected chi connectivity index (χ1v) is 8.85. The van der Waals surface area contributed by atoms with Crippen molar-refractivity contribution in [3.8, 4) is 17.1 Å². The van der Waals surface area contributed by atoms with Crippen LogP contribution in [-0.2, 0) is 4.79 Å². The molecule has 1 saturated heterocycles. The molecule has 1 atom stereocenters. The molecule has 0 radical (unpaired) electrons. The van der Waals surface area contributed by atoms with Crippen LogP contribution in [0, 0.1) is 5.92 Å². The third-order valence-corrected chi connectivity index (χ3v) is 4.76. The molecule has 138 valence electrons. The molecule has 1 fully saturated rings. The Balaban J connectivity index is 1.72. The van der Waals surface area contributed by atoms with Crippen LogP contribution >= 0.6 is 0 Å². The number of carboxylic acids is 1. The van der Waals surface area contributed by atoms with Crippen molar-refractivity contribution in [3.05, 3.63) is 60.5 Å². The Kier molecular flexibility index (Phi) is 4.50. The van der Waals surface area contributed by atoms with Gasteiger partial charge in [-0.15, -0.1) is 0 Å². The topological polar surface area (TPSA) is 88.6 Å². The van der Waals surface area contributed by atoms with E-state index in [1.54, 1.807) is 34.0 Å². The highest BCUT2D eigenvalue weighted by Crippen LogP contribution is 2.25. The molecule has 1 aliphatic rings. The minimum atomic E-state index is -0.861. The Bertz CT molecular complexity index is 947. The molecule has 1 aromatic carbocycles. The Morgan fingerprint density at radius 3 is 2.67 bits per heavy atom. The molecule has 0 saturated carbocycles. The first-order chi connectivity index (χ1) is 13.1. The molecular formula is C20H19N3O4. The molecule has 1 aliphatic heterocycles. The highest BCUT2D eigenvalue weighted by atomic mass is 16.4. The average Bonchev–Trinajstić information content (AvgIpc) is 3.38. The van der Waals surface area contributed by atoms with Gasteiger partial charge in [0, 0.05) is 19.2 Å². The lowest BCUT2D eigenvalue weighted by Gasteiger charge is -2.30. The van der Waals surface area contributed by atoms with Crippen molar-refractivity contribution in [1.82, 2.24) is 14.7 Å². The third kappa shape index (κ3) is 3.36. The number of carboxylic acid groups (broad SMARTS) is 1. The number of benzene rings is 1. The fourth-order valence-electron chi connectivity index (χ4n) is 3.37. The van der Waals surface area contributed by atoms with Crippen LogP contribution in [0.15, 0.2) is 59.2 Å². The first kappa shape index (κ1) is 17.1. The SMILES string of the molecule is O=C(O)C1CCCN(C(=O)c2cc(-c3ccco3)nn2-c2ccccc2)C1. The van der Waals surface area contributed by atoms with Gasteiger partial charge in [-0.2, -0.15) is 5.10 Å². The maximum Gasteiger partial charge on any atom is 0.308 e. The Labute approximate surface area is 155 Å². The molecule has 0 aliphatic carbocycles. The molecule has 7 heteroatoms. The highest BCUT2D eigenvalue weighted by Gasteiger charge is 2.31. The summed E-state index contributed by atoms with van der Waals surface area (Å²) in [6.45, 7) is 0.753. The Morgan fingerprint density at radius 2 is 1.96 bits per heavy atom. The van der Waals surface area contributed by atoms with Crippen LogP contribution in [0.1, 0.15) is 23.3 Å². The van der Waals surface area contributed by atoms with Crippen molar-refractivity contribution < 1.29 is 19.1 Å². The fourth-order valence-corrected chi connectivity index (χ4v) is 3.37. The quantitative estimate of drug-likeness (QED) is 0.768. The number of amides is 1. The smallest absolute Gasteiger partial charge is 0.308 e. The van der Waals surface area contributed by atoms with Gasteiger partial charge in [0.2, 0.25) is 0 Å². The molecule has 0 spiro atoms. The van der Waals surface area contributed by atoms with Crippen LogP contribution in [0.5, 0.6) is 0 Å². The van der Waals surface area contributed by atoms with Gasteiger partial charge in [0.05, 0.1) is 17.9 Å². The number of para-hydroxylation sites is 1. The van der Waals surface area contributed by atoms with E-state index in [-0.39, 0.29) is 12.5 Å². The molecule has 1 amide bonds. The standard InChI is InChI=1S/C20H19N3O4/c24-19(22-10-4-6-14(13-22)20(25)26)17-12-16(18-9-5-11-27-18)21-23(17)15-7-2-1-3-8-15/h1-3,5,7-9,11-12,14H,4,6,10,13H2,(H,25,26). The number of carbonyl (C=O) groups is 2. The molecule has 7 nitrogen and oxygen atoms in total. The van der Waals surface area contributed by atoms with Crippen molar-refractivity contribution in [2.45, 2.75) is 12.8 Å². The van der Waals surface area contributed by atoms with E-state index in [0.717, 1.165) is 5.69 Å². The predicted octanol–water partition coefficient (Wildman–Crippen LogP) is 3.07. The molecule has 1 N–H and O–H groups in total. The average molecular weight is 365 g/mol. The zero-order valence-electron chi connectivity index (χ0n) is 14.6. The number of hydrogen-bond acceptors (Lipinski definition) is 4. The summed E-state index contributed by atoms with van der Waals surface area (Å²) in [5.74, 6) is -1.04. The molecule has 0 bridgehead atoms. The molecule has 2 aromatic heterocycles. The van der Waals surface area contributed by atoms with Gasteiger partial charge < -0.3 is 14.4 Å². The van der Waals surface area contributed by atoms with Gasteiger partial charge in [-0.25, -0.2) is 4.68 Å². The van der Waals surface area contributed by atoms with E-state index >= 15 is 0 Å². The number of nitrogens with zero attached hydrogens (tertiary/aromatic N) is 3. The second-order valence-corrected chi connectivity index (χ2v) is 6.57. The van der Waals surface area contributed by atoms with Gasteiger partial charge in [0.1, 0.15) is 11.4 Å². The van der Waals surface area contributed by atoms with Crippen molar-refractivity contribution in [2.75, 3.05) is 13.1 Å².